The molecule has 176 valence electrons. The Morgan fingerprint density at radius 3 is 2.17 bits per heavy atom. The van der Waals surface area contributed by atoms with E-state index in [4.69, 9.17) is 18.9 Å². The van der Waals surface area contributed by atoms with Crippen molar-refractivity contribution in [3.63, 3.8) is 0 Å². The third-order valence-corrected chi connectivity index (χ3v) is 5.60. The maximum atomic E-state index is 11.8. The van der Waals surface area contributed by atoms with Gasteiger partial charge in [0.25, 0.3) is 0 Å². The summed E-state index contributed by atoms with van der Waals surface area (Å²) in [6.07, 6.45) is -8.90. The molecule has 0 aromatic carbocycles. The van der Waals surface area contributed by atoms with Gasteiger partial charge in [0.1, 0.15) is 30.5 Å². The smallest absolute Gasteiger partial charge is 0.217 e. The van der Waals surface area contributed by atoms with Gasteiger partial charge in [-0.2, -0.15) is 0 Å². The van der Waals surface area contributed by atoms with Gasteiger partial charge in [-0.15, -0.1) is 0 Å². The molecule has 10 atom stereocenters. The van der Waals surface area contributed by atoms with E-state index in [1.165, 1.54) is 6.92 Å². The minimum absolute atomic E-state index is 0.0639. The van der Waals surface area contributed by atoms with E-state index in [0.717, 1.165) is 0 Å². The van der Waals surface area contributed by atoms with Gasteiger partial charge in [0.15, 0.2) is 12.6 Å². The molecule has 0 aromatic rings. The fourth-order valence-corrected chi connectivity index (χ4v) is 4.26. The normalized spacial score (nSPS) is 42.5. The molecule has 10 nitrogen and oxygen atoms in total. The number of aliphatic hydroxyl groups is 4. The molecule has 2 heterocycles. The number of carbonyl (C=O) groups is 1. The van der Waals surface area contributed by atoms with Crippen molar-refractivity contribution in [3.8, 4) is 0 Å². The molecule has 2 aliphatic rings. The molecule has 10 heteroatoms. The molecule has 10 unspecified atom stereocenters. The largest absolute Gasteiger partial charge is 0.394 e. The predicted octanol–water partition coefficient (Wildman–Crippen LogP) is -0.882. The van der Waals surface area contributed by atoms with E-state index >= 15 is 0 Å². The van der Waals surface area contributed by atoms with Gasteiger partial charge >= 0.3 is 0 Å². The number of rotatable bonds is 7. The van der Waals surface area contributed by atoms with Crippen LogP contribution in [0.2, 0.25) is 0 Å². The van der Waals surface area contributed by atoms with Crippen LogP contribution in [-0.2, 0) is 23.7 Å². The van der Waals surface area contributed by atoms with E-state index in [0.29, 0.717) is 0 Å². The molecular formula is C20H37NO9. The fraction of sp³-hybridized carbons (Fsp3) is 0.950. The molecule has 30 heavy (non-hydrogen) atoms. The zero-order valence-electron chi connectivity index (χ0n) is 18.5. The van der Waals surface area contributed by atoms with Crippen LogP contribution >= 0.6 is 0 Å². The number of carbonyl (C=O) groups excluding carboxylic acids is 1. The molecule has 0 radical (unpaired) electrons. The van der Waals surface area contributed by atoms with Crippen molar-refractivity contribution in [2.45, 2.75) is 103 Å². The molecular weight excluding hydrogens is 398 g/mol. The van der Waals surface area contributed by atoms with Gasteiger partial charge < -0.3 is 44.7 Å². The molecule has 0 aliphatic carbocycles. The summed E-state index contributed by atoms with van der Waals surface area (Å²) >= 11 is 0. The first kappa shape index (κ1) is 25.4. The predicted molar refractivity (Wildman–Crippen MR) is 105 cm³/mol. The molecule has 2 rings (SSSR count). The summed E-state index contributed by atoms with van der Waals surface area (Å²) in [6, 6.07) is -0.936. The highest BCUT2D eigenvalue weighted by molar-refractivity contribution is 5.73. The number of amides is 1. The van der Waals surface area contributed by atoms with Crippen LogP contribution in [0.25, 0.3) is 0 Å². The minimum atomic E-state index is -1.36. The van der Waals surface area contributed by atoms with Gasteiger partial charge in [-0.05, 0) is 26.7 Å². The van der Waals surface area contributed by atoms with E-state index in [9.17, 15) is 25.2 Å². The maximum Gasteiger partial charge on any atom is 0.217 e. The van der Waals surface area contributed by atoms with Crippen molar-refractivity contribution in [2.24, 2.45) is 11.8 Å². The molecule has 2 aliphatic heterocycles. The average Bonchev–Trinajstić information content (AvgIpc) is 2.63. The standard InChI is InChI=1S/C20H37NO9/c1-8(2)13-10(5)28-20(17(26)16(13)25)30-18-14(21-11(6)23)19(27-9(3)4)29-12(7-22)15(18)24/h8-10,12-20,22,24-26H,7H2,1-6H3,(H,21,23). The second kappa shape index (κ2) is 10.6. The Morgan fingerprint density at radius 2 is 1.67 bits per heavy atom. The average molecular weight is 436 g/mol. The first-order valence-corrected chi connectivity index (χ1v) is 10.5. The Hall–Kier alpha value is -0.850. The lowest BCUT2D eigenvalue weighted by Crippen LogP contribution is -2.67. The van der Waals surface area contributed by atoms with Gasteiger partial charge in [-0.1, -0.05) is 13.8 Å². The van der Waals surface area contributed by atoms with Crippen LogP contribution in [0, 0.1) is 11.8 Å². The summed E-state index contributed by atoms with van der Waals surface area (Å²) in [5.41, 5.74) is 0. The van der Waals surface area contributed by atoms with Crippen molar-refractivity contribution in [2.75, 3.05) is 6.61 Å². The first-order valence-electron chi connectivity index (χ1n) is 10.5. The van der Waals surface area contributed by atoms with Crippen LogP contribution in [0.3, 0.4) is 0 Å². The quantitative estimate of drug-likeness (QED) is 0.344. The number of hydrogen-bond donors (Lipinski definition) is 5. The van der Waals surface area contributed by atoms with Crippen LogP contribution in [-0.4, -0.2) is 94.3 Å². The van der Waals surface area contributed by atoms with Gasteiger partial charge in [0, 0.05) is 12.8 Å². The van der Waals surface area contributed by atoms with Crippen molar-refractivity contribution in [1.29, 1.82) is 0 Å². The monoisotopic (exact) mass is 435 g/mol. The first-order chi connectivity index (χ1) is 14.0. The molecule has 5 N–H and O–H groups in total. The van der Waals surface area contributed by atoms with Crippen molar-refractivity contribution >= 4 is 5.91 Å². The van der Waals surface area contributed by atoms with Crippen molar-refractivity contribution < 1.29 is 44.2 Å². The summed E-state index contributed by atoms with van der Waals surface area (Å²) in [5, 5.41) is 44.2. The Kier molecular flexibility index (Phi) is 9.02. The maximum absolute atomic E-state index is 11.8. The van der Waals surface area contributed by atoms with Gasteiger partial charge in [0.2, 0.25) is 5.91 Å². The highest BCUT2D eigenvalue weighted by Gasteiger charge is 2.51. The summed E-state index contributed by atoms with van der Waals surface area (Å²) in [6.45, 7) is 9.99. The Bertz CT molecular complexity index is 560. The van der Waals surface area contributed by atoms with Crippen LogP contribution in [0.15, 0.2) is 0 Å². The third kappa shape index (κ3) is 5.68. The molecule has 0 aromatic heterocycles. The number of nitrogens with one attached hydrogen (secondary N) is 1. The summed E-state index contributed by atoms with van der Waals surface area (Å²) in [5.74, 6) is -0.635. The number of hydrogen-bond acceptors (Lipinski definition) is 9. The van der Waals surface area contributed by atoms with Gasteiger partial charge in [-0.3, -0.25) is 4.79 Å². The molecule has 0 spiro atoms. The fourth-order valence-electron chi connectivity index (χ4n) is 4.26. The third-order valence-electron chi connectivity index (χ3n) is 5.60. The highest BCUT2D eigenvalue weighted by Crippen LogP contribution is 2.34. The topological polar surface area (TPSA) is 147 Å². The molecule has 1 amide bonds. The zero-order valence-corrected chi connectivity index (χ0v) is 18.5. The van der Waals surface area contributed by atoms with E-state index < -0.39 is 67.8 Å². The van der Waals surface area contributed by atoms with E-state index in [2.05, 4.69) is 5.32 Å². The van der Waals surface area contributed by atoms with Crippen molar-refractivity contribution in [3.05, 3.63) is 0 Å². The van der Waals surface area contributed by atoms with Crippen LogP contribution in [0.5, 0.6) is 0 Å². The number of ether oxygens (including phenoxy) is 4. The number of aliphatic hydroxyl groups excluding tert-OH is 4. The summed E-state index contributed by atoms with van der Waals surface area (Å²) < 4.78 is 23.1. The summed E-state index contributed by atoms with van der Waals surface area (Å²) in [4.78, 5) is 11.8. The molecule has 0 bridgehead atoms. The Labute approximate surface area is 177 Å². The van der Waals surface area contributed by atoms with Crippen LogP contribution < -0.4 is 5.32 Å². The lowest BCUT2D eigenvalue weighted by molar-refractivity contribution is -0.341. The highest BCUT2D eigenvalue weighted by atomic mass is 16.7. The second-order valence-corrected chi connectivity index (χ2v) is 8.74. The van der Waals surface area contributed by atoms with Gasteiger partial charge in [0.05, 0.1) is 24.9 Å². The van der Waals surface area contributed by atoms with Crippen molar-refractivity contribution in [1.82, 2.24) is 5.32 Å². The van der Waals surface area contributed by atoms with Crippen LogP contribution in [0.4, 0.5) is 0 Å². The lowest BCUT2D eigenvalue weighted by atomic mass is 9.81. The zero-order chi connectivity index (χ0) is 22.7. The molecule has 2 fully saturated rings. The van der Waals surface area contributed by atoms with Gasteiger partial charge in [-0.25, -0.2) is 0 Å². The van der Waals surface area contributed by atoms with E-state index in [1.807, 2.05) is 13.8 Å². The Balaban J connectivity index is 2.28. The molecule has 0 saturated carbocycles. The minimum Gasteiger partial charge on any atom is -0.394 e. The molecule has 2 saturated heterocycles. The SMILES string of the molecule is CC(=O)NC1C(OC(C)C)OC(CO)C(O)C1OC1OC(C)C(C(C)C)C(O)C1O. The lowest BCUT2D eigenvalue weighted by Gasteiger charge is -2.48. The van der Waals surface area contributed by atoms with E-state index in [1.54, 1.807) is 20.8 Å². The van der Waals surface area contributed by atoms with Crippen LogP contribution in [0.1, 0.15) is 41.5 Å². The Morgan fingerprint density at radius 1 is 1.03 bits per heavy atom. The second-order valence-electron chi connectivity index (χ2n) is 8.74. The summed E-state index contributed by atoms with van der Waals surface area (Å²) in [7, 11) is 0. The van der Waals surface area contributed by atoms with E-state index in [-0.39, 0.29) is 17.9 Å².